The molecule has 0 aromatic heterocycles. The first kappa shape index (κ1) is 17.1. The van der Waals surface area contributed by atoms with Gasteiger partial charge in [-0.15, -0.1) is 0 Å². The van der Waals surface area contributed by atoms with Gasteiger partial charge in [-0.05, 0) is 42.8 Å². The predicted molar refractivity (Wildman–Crippen MR) is 89.7 cm³/mol. The molecule has 0 aliphatic rings. The van der Waals surface area contributed by atoms with Crippen LogP contribution in [0.2, 0.25) is 10.0 Å². The Kier molecular flexibility index (Phi) is 5.86. The number of amides is 1. The van der Waals surface area contributed by atoms with Crippen molar-refractivity contribution < 1.29 is 9.53 Å². The summed E-state index contributed by atoms with van der Waals surface area (Å²) in [6.07, 6.45) is 0. The fourth-order valence-corrected chi connectivity index (χ4v) is 2.26. The van der Waals surface area contributed by atoms with E-state index in [1.165, 1.54) is 0 Å². The number of hydrogen-bond donors (Lipinski definition) is 1. The van der Waals surface area contributed by atoms with Crippen LogP contribution in [0.5, 0.6) is 5.75 Å². The molecule has 0 heterocycles. The molecule has 0 aliphatic carbocycles. The predicted octanol–water partition coefficient (Wildman–Crippen LogP) is 4.12. The minimum absolute atomic E-state index is 0.138. The van der Waals surface area contributed by atoms with Gasteiger partial charge < -0.3 is 10.1 Å². The van der Waals surface area contributed by atoms with E-state index >= 15 is 0 Å². The van der Waals surface area contributed by atoms with Crippen LogP contribution >= 0.6 is 23.2 Å². The normalized spacial score (nSPS) is 11.4. The summed E-state index contributed by atoms with van der Waals surface area (Å²) in [5, 5.41) is 12.5. The number of hydrogen-bond acceptors (Lipinski definition) is 3. The Balaban J connectivity index is 1.91. The van der Waals surface area contributed by atoms with E-state index in [1.807, 2.05) is 13.0 Å². The van der Waals surface area contributed by atoms with Crippen LogP contribution in [0.25, 0.3) is 0 Å². The molecule has 0 bridgehead atoms. The maximum absolute atomic E-state index is 11.9. The molecule has 0 aliphatic heterocycles. The highest BCUT2D eigenvalue weighted by Gasteiger charge is 2.11. The van der Waals surface area contributed by atoms with E-state index in [0.717, 1.165) is 5.56 Å². The zero-order valence-electron chi connectivity index (χ0n) is 12.3. The van der Waals surface area contributed by atoms with Crippen molar-refractivity contribution in [3.8, 4) is 11.8 Å². The number of carbonyl (C=O) groups excluding carboxylic acids is 1. The van der Waals surface area contributed by atoms with Crippen molar-refractivity contribution in [2.24, 2.45) is 0 Å². The number of nitrogens with zero attached hydrogens (tertiary/aromatic N) is 1. The first-order valence-corrected chi connectivity index (χ1v) is 7.62. The van der Waals surface area contributed by atoms with Gasteiger partial charge in [-0.25, -0.2) is 0 Å². The molecular formula is C17H14Cl2N2O2. The van der Waals surface area contributed by atoms with Crippen LogP contribution in [-0.4, -0.2) is 12.5 Å². The molecule has 2 rings (SSSR count). The fourth-order valence-electron chi connectivity index (χ4n) is 1.95. The van der Waals surface area contributed by atoms with E-state index in [9.17, 15) is 4.79 Å². The minimum atomic E-state index is -0.272. The Labute approximate surface area is 144 Å². The third-order valence-corrected chi connectivity index (χ3v) is 3.89. The molecule has 1 atom stereocenters. The van der Waals surface area contributed by atoms with Gasteiger partial charge in [0.15, 0.2) is 6.61 Å². The smallest absolute Gasteiger partial charge is 0.258 e. The molecule has 4 nitrogen and oxygen atoms in total. The SMILES string of the molecule is C[C@H](NC(=O)COc1cccc(C#N)c1)c1ccc(Cl)c(Cl)c1. The lowest BCUT2D eigenvalue weighted by atomic mass is 10.1. The van der Waals surface area contributed by atoms with Crippen LogP contribution in [-0.2, 0) is 4.79 Å². The van der Waals surface area contributed by atoms with Crippen molar-refractivity contribution in [1.29, 1.82) is 5.26 Å². The largest absolute Gasteiger partial charge is 0.484 e. The number of rotatable bonds is 5. The summed E-state index contributed by atoms with van der Waals surface area (Å²) < 4.78 is 5.38. The van der Waals surface area contributed by atoms with E-state index in [1.54, 1.807) is 42.5 Å². The first-order valence-electron chi connectivity index (χ1n) is 6.87. The Morgan fingerprint density at radius 3 is 2.74 bits per heavy atom. The van der Waals surface area contributed by atoms with Crippen LogP contribution in [0, 0.1) is 11.3 Å². The summed E-state index contributed by atoms with van der Waals surface area (Å²) in [6.45, 7) is 1.70. The lowest BCUT2D eigenvalue weighted by Gasteiger charge is -2.15. The van der Waals surface area contributed by atoms with Crippen molar-refractivity contribution in [3.05, 3.63) is 63.6 Å². The summed E-state index contributed by atoms with van der Waals surface area (Å²) in [4.78, 5) is 11.9. The molecule has 23 heavy (non-hydrogen) atoms. The molecule has 118 valence electrons. The Morgan fingerprint density at radius 1 is 1.26 bits per heavy atom. The second-order valence-electron chi connectivity index (χ2n) is 4.89. The lowest BCUT2D eigenvalue weighted by molar-refractivity contribution is -0.123. The number of ether oxygens (including phenoxy) is 1. The first-order chi connectivity index (χ1) is 11.0. The highest BCUT2D eigenvalue weighted by molar-refractivity contribution is 6.42. The summed E-state index contributed by atoms with van der Waals surface area (Å²) >= 11 is 11.8. The van der Waals surface area contributed by atoms with Crippen LogP contribution in [0.3, 0.4) is 0 Å². The second kappa shape index (κ2) is 7.87. The number of nitriles is 1. The lowest BCUT2D eigenvalue weighted by Crippen LogP contribution is -2.31. The average molecular weight is 349 g/mol. The molecule has 6 heteroatoms. The third-order valence-electron chi connectivity index (χ3n) is 3.15. The molecule has 0 unspecified atom stereocenters. The van der Waals surface area contributed by atoms with Gasteiger partial charge in [0.2, 0.25) is 0 Å². The molecule has 1 N–H and O–H groups in total. The summed E-state index contributed by atoms with van der Waals surface area (Å²) in [5.74, 6) is 0.201. The Hall–Kier alpha value is -2.22. The zero-order valence-corrected chi connectivity index (χ0v) is 13.9. The van der Waals surface area contributed by atoms with Crippen molar-refractivity contribution >= 4 is 29.1 Å². The number of benzene rings is 2. The van der Waals surface area contributed by atoms with E-state index in [2.05, 4.69) is 5.32 Å². The monoisotopic (exact) mass is 348 g/mol. The summed E-state index contributed by atoms with van der Waals surface area (Å²) in [7, 11) is 0. The van der Waals surface area contributed by atoms with E-state index < -0.39 is 0 Å². The molecule has 1 amide bonds. The van der Waals surface area contributed by atoms with Gasteiger partial charge in [0.1, 0.15) is 5.75 Å². The standard InChI is InChI=1S/C17H14Cl2N2O2/c1-11(13-5-6-15(18)16(19)8-13)21-17(22)10-23-14-4-2-3-12(7-14)9-20/h2-8,11H,10H2,1H3,(H,21,22)/t11-/m0/s1. The maximum atomic E-state index is 11.9. The van der Waals surface area contributed by atoms with Crippen LogP contribution in [0.4, 0.5) is 0 Å². The number of halogens is 2. The second-order valence-corrected chi connectivity index (χ2v) is 5.71. The van der Waals surface area contributed by atoms with Gasteiger partial charge in [0.05, 0.1) is 27.7 Å². The topological polar surface area (TPSA) is 62.1 Å². The van der Waals surface area contributed by atoms with E-state index in [-0.39, 0.29) is 18.6 Å². The van der Waals surface area contributed by atoms with Gasteiger partial charge in [-0.1, -0.05) is 35.3 Å². The zero-order chi connectivity index (χ0) is 16.8. The van der Waals surface area contributed by atoms with Gasteiger partial charge in [0.25, 0.3) is 5.91 Å². The van der Waals surface area contributed by atoms with Gasteiger partial charge >= 0.3 is 0 Å². The number of nitrogens with one attached hydrogen (secondary N) is 1. The fraction of sp³-hybridized carbons (Fsp3) is 0.176. The van der Waals surface area contributed by atoms with Crippen LogP contribution < -0.4 is 10.1 Å². The minimum Gasteiger partial charge on any atom is -0.484 e. The molecule has 2 aromatic carbocycles. The third kappa shape index (κ3) is 4.88. The molecule has 0 radical (unpaired) electrons. The van der Waals surface area contributed by atoms with E-state index in [4.69, 9.17) is 33.2 Å². The Morgan fingerprint density at radius 2 is 2.04 bits per heavy atom. The van der Waals surface area contributed by atoms with Crippen molar-refractivity contribution in [2.45, 2.75) is 13.0 Å². The number of carbonyl (C=O) groups is 1. The maximum Gasteiger partial charge on any atom is 0.258 e. The van der Waals surface area contributed by atoms with Gasteiger partial charge in [-0.2, -0.15) is 5.26 Å². The molecule has 0 saturated carbocycles. The average Bonchev–Trinajstić information content (AvgIpc) is 2.55. The highest BCUT2D eigenvalue weighted by Crippen LogP contribution is 2.25. The van der Waals surface area contributed by atoms with E-state index in [0.29, 0.717) is 21.4 Å². The van der Waals surface area contributed by atoms with Crippen molar-refractivity contribution in [2.75, 3.05) is 6.61 Å². The summed E-state index contributed by atoms with van der Waals surface area (Å²) in [5.41, 5.74) is 1.33. The molecule has 0 fully saturated rings. The quantitative estimate of drug-likeness (QED) is 0.883. The molecule has 0 saturated heterocycles. The highest BCUT2D eigenvalue weighted by atomic mass is 35.5. The van der Waals surface area contributed by atoms with Crippen LogP contribution in [0.15, 0.2) is 42.5 Å². The summed E-state index contributed by atoms with van der Waals surface area (Å²) in [6, 6.07) is 13.6. The Bertz CT molecular complexity index is 756. The molecule has 2 aromatic rings. The van der Waals surface area contributed by atoms with Crippen molar-refractivity contribution in [3.63, 3.8) is 0 Å². The molecule has 0 spiro atoms. The van der Waals surface area contributed by atoms with Crippen molar-refractivity contribution in [1.82, 2.24) is 5.32 Å². The molecular weight excluding hydrogens is 335 g/mol. The van der Waals surface area contributed by atoms with Gasteiger partial charge in [0, 0.05) is 0 Å². The van der Waals surface area contributed by atoms with Crippen LogP contribution in [0.1, 0.15) is 24.1 Å². The van der Waals surface area contributed by atoms with Gasteiger partial charge in [-0.3, -0.25) is 4.79 Å².